The fourth-order valence-corrected chi connectivity index (χ4v) is 4.59. The molecule has 3 unspecified atom stereocenters. The van der Waals surface area contributed by atoms with Crippen molar-refractivity contribution in [1.82, 2.24) is 0 Å². The first-order chi connectivity index (χ1) is 8.28. The molecule has 0 saturated heterocycles. The summed E-state index contributed by atoms with van der Waals surface area (Å²) in [6.07, 6.45) is 11.7. The van der Waals surface area contributed by atoms with E-state index in [0.717, 1.165) is 17.5 Å². The monoisotopic (exact) mass is 225 g/mol. The third kappa shape index (κ3) is 1.20. The van der Waals surface area contributed by atoms with Crippen LogP contribution in [0.3, 0.4) is 0 Å². The van der Waals surface area contributed by atoms with E-state index in [1.165, 1.54) is 37.7 Å². The smallest absolute Gasteiger partial charge is 0.0316 e. The lowest BCUT2D eigenvalue weighted by molar-refractivity contribution is 0.303. The van der Waals surface area contributed by atoms with Crippen LogP contribution in [-0.2, 0) is 11.8 Å². The van der Waals surface area contributed by atoms with E-state index >= 15 is 0 Å². The topological polar surface area (TPSA) is 26.0 Å². The molecule has 0 radical (unpaired) electrons. The second-order valence-electron chi connectivity index (χ2n) is 6.12. The fraction of sp³-hybridized carbons (Fsp3) is 0.500. The Morgan fingerprint density at radius 3 is 2.94 bits per heavy atom. The lowest BCUT2D eigenvalue weighted by Crippen LogP contribution is -2.35. The summed E-state index contributed by atoms with van der Waals surface area (Å²) in [5.41, 5.74) is 10.5. The van der Waals surface area contributed by atoms with Gasteiger partial charge in [0.15, 0.2) is 0 Å². The quantitative estimate of drug-likeness (QED) is 0.531. The number of nitrogens with two attached hydrogens (primary N) is 1. The minimum Gasteiger partial charge on any atom is -0.399 e. The van der Waals surface area contributed by atoms with E-state index in [1.807, 2.05) is 0 Å². The molecule has 1 fully saturated rings. The molecule has 17 heavy (non-hydrogen) atoms. The summed E-state index contributed by atoms with van der Waals surface area (Å²) in [7, 11) is 0. The van der Waals surface area contributed by atoms with Gasteiger partial charge in [-0.25, -0.2) is 0 Å². The third-order valence-corrected chi connectivity index (χ3v) is 5.24. The maximum absolute atomic E-state index is 5.93. The van der Waals surface area contributed by atoms with Crippen molar-refractivity contribution in [3.63, 3.8) is 0 Å². The zero-order valence-corrected chi connectivity index (χ0v) is 10.2. The van der Waals surface area contributed by atoms with Gasteiger partial charge in [-0.05, 0) is 67.2 Å². The van der Waals surface area contributed by atoms with Crippen molar-refractivity contribution >= 4 is 5.69 Å². The van der Waals surface area contributed by atoms with Crippen LogP contribution in [0, 0.1) is 11.8 Å². The molecule has 0 aliphatic heterocycles. The minimum absolute atomic E-state index is 0.473. The van der Waals surface area contributed by atoms with Crippen LogP contribution in [0.15, 0.2) is 30.4 Å². The molecule has 1 aromatic rings. The lowest BCUT2D eigenvalue weighted by Gasteiger charge is -2.41. The van der Waals surface area contributed by atoms with E-state index in [9.17, 15) is 0 Å². The van der Waals surface area contributed by atoms with Crippen molar-refractivity contribution in [2.45, 2.75) is 37.5 Å². The number of aryl methyl sites for hydroxylation is 1. The molecular formula is C16H19N. The molecular weight excluding hydrogens is 206 g/mol. The highest BCUT2D eigenvalue weighted by atomic mass is 14.6. The summed E-state index contributed by atoms with van der Waals surface area (Å²) in [5.74, 6) is 1.65. The van der Waals surface area contributed by atoms with E-state index in [2.05, 4.69) is 30.4 Å². The van der Waals surface area contributed by atoms with E-state index in [4.69, 9.17) is 5.73 Å². The van der Waals surface area contributed by atoms with E-state index in [-0.39, 0.29) is 0 Å². The van der Waals surface area contributed by atoms with Gasteiger partial charge < -0.3 is 5.73 Å². The van der Waals surface area contributed by atoms with E-state index in [1.54, 1.807) is 5.56 Å². The average Bonchev–Trinajstić information content (AvgIpc) is 2.89. The number of benzene rings is 1. The van der Waals surface area contributed by atoms with E-state index in [0.29, 0.717) is 5.41 Å². The minimum atomic E-state index is 0.473. The molecule has 1 nitrogen and oxygen atoms in total. The van der Waals surface area contributed by atoms with Gasteiger partial charge in [-0.15, -0.1) is 0 Å². The van der Waals surface area contributed by atoms with Gasteiger partial charge in [0.25, 0.3) is 0 Å². The SMILES string of the molecule is Nc1ccc2c(c1)CCCC21CC2C=CC1C2. The number of hydrogen-bond acceptors (Lipinski definition) is 1. The molecule has 1 heteroatoms. The Morgan fingerprint density at radius 2 is 2.18 bits per heavy atom. The zero-order valence-electron chi connectivity index (χ0n) is 10.2. The molecule has 2 bridgehead atoms. The molecule has 1 spiro atoms. The first kappa shape index (κ1) is 9.76. The van der Waals surface area contributed by atoms with Crippen LogP contribution in [0.5, 0.6) is 0 Å². The first-order valence-electron chi connectivity index (χ1n) is 6.85. The fourth-order valence-electron chi connectivity index (χ4n) is 4.59. The zero-order chi connectivity index (χ0) is 11.5. The standard InChI is InChI=1S/C16H19N/c17-14-5-6-15-12(9-14)2-1-7-16(15)10-11-3-4-13(16)8-11/h3-6,9,11,13H,1-2,7-8,10,17H2. The van der Waals surface area contributed by atoms with Crippen LogP contribution in [0.1, 0.15) is 36.8 Å². The van der Waals surface area contributed by atoms with Crippen molar-refractivity contribution in [3.8, 4) is 0 Å². The number of hydrogen-bond donors (Lipinski definition) is 1. The molecule has 2 N–H and O–H groups in total. The molecule has 4 rings (SSSR count). The molecule has 0 heterocycles. The highest BCUT2D eigenvalue weighted by molar-refractivity contribution is 5.50. The molecule has 88 valence electrons. The number of rotatable bonds is 0. The third-order valence-electron chi connectivity index (χ3n) is 5.24. The summed E-state index contributed by atoms with van der Waals surface area (Å²) >= 11 is 0. The largest absolute Gasteiger partial charge is 0.399 e. The Kier molecular flexibility index (Phi) is 1.81. The van der Waals surface area contributed by atoms with Crippen molar-refractivity contribution in [1.29, 1.82) is 0 Å². The molecule has 3 aliphatic rings. The molecule has 0 aromatic heterocycles. The Labute approximate surface area is 103 Å². The summed E-state index contributed by atoms with van der Waals surface area (Å²) in [6.45, 7) is 0. The first-order valence-corrected chi connectivity index (χ1v) is 6.85. The van der Waals surface area contributed by atoms with Crippen LogP contribution in [-0.4, -0.2) is 0 Å². The number of allylic oxidation sites excluding steroid dienone is 2. The molecule has 3 atom stereocenters. The van der Waals surface area contributed by atoms with Crippen LogP contribution in [0.2, 0.25) is 0 Å². The normalized spacial score (nSPS) is 37.6. The number of anilines is 1. The van der Waals surface area contributed by atoms with Gasteiger partial charge in [-0.2, -0.15) is 0 Å². The van der Waals surface area contributed by atoms with Gasteiger partial charge in [-0.1, -0.05) is 18.2 Å². The van der Waals surface area contributed by atoms with Crippen LogP contribution in [0.4, 0.5) is 5.69 Å². The maximum Gasteiger partial charge on any atom is 0.0316 e. The maximum atomic E-state index is 5.93. The van der Waals surface area contributed by atoms with E-state index < -0.39 is 0 Å². The van der Waals surface area contributed by atoms with Gasteiger partial charge in [0.2, 0.25) is 0 Å². The Morgan fingerprint density at radius 1 is 1.24 bits per heavy atom. The van der Waals surface area contributed by atoms with Crippen LogP contribution < -0.4 is 5.73 Å². The summed E-state index contributed by atoms with van der Waals surface area (Å²) in [6, 6.07) is 6.63. The summed E-state index contributed by atoms with van der Waals surface area (Å²) < 4.78 is 0. The van der Waals surface area contributed by atoms with Gasteiger partial charge in [0, 0.05) is 11.1 Å². The van der Waals surface area contributed by atoms with Gasteiger partial charge >= 0.3 is 0 Å². The van der Waals surface area contributed by atoms with Gasteiger partial charge in [-0.3, -0.25) is 0 Å². The van der Waals surface area contributed by atoms with Crippen molar-refractivity contribution in [2.24, 2.45) is 11.8 Å². The number of fused-ring (bicyclic) bond motifs is 5. The Hall–Kier alpha value is -1.24. The predicted molar refractivity (Wildman–Crippen MR) is 70.8 cm³/mol. The number of nitrogen functional groups attached to an aromatic ring is 1. The highest BCUT2D eigenvalue weighted by Crippen LogP contribution is 2.58. The molecule has 3 aliphatic carbocycles. The van der Waals surface area contributed by atoms with Crippen LogP contribution in [0.25, 0.3) is 0 Å². The molecule has 1 saturated carbocycles. The van der Waals surface area contributed by atoms with Crippen molar-refractivity contribution in [2.75, 3.05) is 5.73 Å². The van der Waals surface area contributed by atoms with Crippen molar-refractivity contribution < 1.29 is 0 Å². The van der Waals surface area contributed by atoms with Gasteiger partial charge in [0.1, 0.15) is 0 Å². The van der Waals surface area contributed by atoms with Gasteiger partial charge in [0.05, 0.1) is 0 Å². The lowest BCUT2D eigenvalue weighted by atomic mass is 9.63. The second kappa shape index (κ2) is 3.16. The van der Waals surface area contributed by atoms with Crippen LogP contribution >= 0.6 is 0 Å². The average molecular weight is 225 g/mol. The Balaban J connectivity index is 1.88. The second-order valence-corrected chi connectivity index (χ2v) is 6.12. The predicted octanol–water partition coefficient (Wildman–Crippen LogP) is 3.44. The molecule has 1 aromatic carbocycles. The summed E-state index contributed by atoms with van der Waals surface area (Å²) in [5, 5.41) is 0. The van der Waals surface area contributed by atoms with Crippen molar-refractivity contribution in [3.05, 3.63) is 41.5 Å². The Bertz CT molecular complexity index is 502. The molecule has 0 amide bonds. The highest BCUT2D eigenvalue weighted by Gasteiger charge is 2.50. The summed E-state index contributed by atoms with van der Waals surface area (Å²) in [4.78, 5) is 0.